The van der Waals surface area contributed by atoms with Crippen LogP contribution in [-0.4, -0.2) is 12.2 Å². The van der Waals surface area contributed by atoms with Crippen molar-refractivity contribution in [1.82, 2.24) is 0 Å². The summed E-state index contributed by atoms with van der Waals surface area (Å²) in [4.78, 5) is 0. The van der Waals surface area contributed by atoms with Crippen LogP contribution in [0.15, 0.2) is 12.2 Å². The molecule has 0 N–H and O–H groups in total. The second kappa shape index (κ2) is 8.68. The van der Waals surface area contributed by atoms with Crippen molar-refractivity contribution in [3.63, 3.8) is 0 Å². The molecule has 96 valence electrons. The zero-order valence-corrected chi connectivity index (χ0v) is 10.7. The lowest BCUT2D eigenvalue weighted by Crippen LogP contribution is -2.19. The lowest BCUT2D eigenvalue weighted by molar-refractivity contribution is -0.00474. The third kappa shape index (κ3) is 11.6. The normalized spacial score (nSPS) is 13.2. The summed E-state index contributed by atoms with van der Waals surface area (Å²) >= 11 is 0. The first-order valence-electron chi connectivity index (χ1n) is 6.04. The summed E-state index contributed by atoms with van der Waals surface area (Å²) < 4.78 is 29.6. The third-order valence-electron chi connectivity index (χ3n) is 2.21. The zero-order valence-electron chi connectivity index (χ0n) is 10.7. The van der Waals surface area contributed by atoms with E-state index in [1.165, 1.54) is 0 Å². The molecule has 16 heavy (non-hydrogen) atoms. The van der Waals surface area contributed by atoms with E-state index in [4.69, 9.17) is 4.74 Å². The number of rotatable bonds is 8. The van der Waals surface area contributed by atoms with Crippen molar-refractivity contribution in [1.29, 1.82) is 0 Å². The first-order chi connectivity index (χ1) is 7.45. The minimum absolute atomic E-state index is 0.0527. The maximum absolute atomic E-state index is 12.4. The van der Waals surface area contributed by atoms with E-state index in [1.807, 2.05) is 20.8 Å². The van der Waals surface area contributed by atoms with Crippen LogP contribution < -0.4 is 0 Å². The highest BCUT2D eigenvalue weighted by Gasteiger charge is 2.08. The lowest BCUT2D eigenvalue weighted by Gasteiger charge is -2.19. The molecule has 0 bridgehead atoms. The average Bonchev–Trinajstić information content (AvgIpc) is 2.20. The van der Waals surface area contributed by atoms with Crippen LogP contribution >= 0.6 is 0 Å². The molecule has 0 radical (unpaired) electrons. The molecule has 0 atom stereocenters. The van der Waals surface area contributed by atoms with Crippen molar-refractivity contribution in [3.05, 3.63) is 12.2 Å². The summed E-state index contributed by atoms with van der Waals surface area (Å²) in [5.74, 6) is -0.643. The molecule has 1 nitrogen and oxygen atoms in total. The number of hydrogen-bond donors (Lipinski definition) is 0. The first-order valence-corrected chi connectivity index (χ1v) is 6.04. The van der Waals surface area contributed by atoms with Crippen LogP contribution in [0.1, 0.15) is 59.3 Å². The van der Waals surface area contributed by atoms with Gasteiger partial charge in [-0.15, -0.1) is 0 Å². The summed E-state index contributed by atoms with van der Waals surface area (Å²) in [6.07, 6.45) is 5.16. The van der Waals surface area contributed by atoms with Crippen LogP contribution in [0, 0.1) is 0 Å². The van der Waals surface area contributed by atoms with Crippen molar-refractivity contribution >= 4 is 0 Å². The monoisotopic (exact) mass is 234 g/mol. The number of unbranched alkanes of at least 4 members (excludes halogenated alkanes) is 4. The number of allylic oxidation sites excluding steroid dienone is 1. The molecule has 0 aromatic rings. The second-order valence-corrected chi connectivity index (χ2v) is 5.03. The van der Waals surface area contributed by atoms with Crippen molar-refractivity contribution in [3.8, 4) is 0 Å². The Morgan fingerprint density at radius 3 is 2.19 bits per heavy atom. The van der Waals surface area contributed by atoms with Gasteiger partial charge in [-0.25, -0.2) is 8.78 Å². The number of hydrogen-bond acceptors (Lipinski definition) is 1. The zero-order chi connectivity index (χ0) is 12.4. The molecule has 0 fully saturated rings. The van der Waals surface area contributed by atoms with Crippen LogP contribution in [0.25, 0.3) is 0 Å². The van der Waals surface area contributed by atoms with E-state index in [9.17, 15) is 8.78 Å². The van der Waals surface area contributed by atoms with Gasteiger partial charge in [0, 0.05) is 13.0 Å². The summed E-state index contributed by atoms with van der Waals surface area (Å²) in [6, 6.07) is 0. The van der Waals surface area contributed by atoms with E-state index >= 15 is 0 Å². The molecule has 0 aliphatic heterocycles. The van der Waals surface area contributed by atoms with Crippen LogP contribution in [0.5, 0.6) is 0 Å². The Bertz CT molecular complexity index is 195. The van der Waals surface area contributed by atoms with Gasteiger partial charge in [-0.2, -0.15) is 0 Å². The summed E-state index contributed by atoms with van der Waals surface area (Å²) in [7, 11) is 0. The minimum Gasteiger partial charge on any atom is -0.376 e. The maximum Gasteiger partial charge on any atom is 0.128 e. The molecule has 0 saturated carbocycles. The molecular formula is C13H24F2O. The smallest absolute Gasteiger partial charge is 0.128 e. The van der Waals surface area contributed by atoms with Crippen LogP contribution in [0.4, 0.5) is 8.78 Å². The third-order valence-corrected chi connectivity index (χ3v) is 2.21. The van der Waals surface area contributed by atoms with Gasteiger partial charge >= 0.3 is 0 Å². The molecule has 0 heterocycles. The lowest BCUT2D eigenvalue weighted by atomic mass is 10.1. The highest BCUT2D eigenvalue weighted by molar-refractivity contribution is 4.83. The number of ether oxygens (including phenoxy) is 1. The Morgan fingerprint density at radius 2 is 1.62 bits per heavy atom. The van der Waals surface area contributed by atoms with Gasteiger partial charge < -0.3 is 4.74 Å². The number of halogens is 2. The van der Waals surface area contributed by atoms with E-state index in [0.717, 1.165) is 38.7 Å². The topological polar surface area (TPSA) is 9.23 Å². The Balaban J connectivity index is 3.16. The van der Waals surface area contributed by atoms with Gasteiger partial charge in [0.15, 0.2) is 0 Å². The molecule has 0 spiro atoms. The molecule has 0 unspecified atom stereocenters. The fourth-order valence-corrected chi connectivity index (χ4v) is 1.36. The van der Waals surface area contributed by atoms with Gasteiger partial charge in [-0.05, 0) is 33.6 Å². The fourth-order valence-electron chi connectivity index (χ4n) is 1.36. The van der Waals surface area contributed by atoms with Crippen molar-refractivity contribution < 1.29 is 13.5 Å². The van der Waals surface area contributed by atoms with E-state index in [1.54, 1.807) is 0 Å². The fraction of sp³-hybridized carbons (Fsp3) is 0.846. The first kappa shape index (κ1) is 15.6. The van der Waals surface area contributed by atoms with Crippen LogP contribution in [0.2, 0.25) is 0 Å². The molecule has 0 aromatic heterocycles. The molecule has 0 aliphatic carbocycles. The summed E-state index contributed by atoms with van der Waals surface area (Å²) in [5.41, 5.74) is -0.0605. The Labute approximate surface area is 97.9 Å². The Kier molecular flexibility index (Phi) is 8.44. The SMILES string of the molecule is CC(C)(C)OCCCCCCC/C(F)=C\F. The van der Waals surface area contributed by atoms with E-state index in [-0.39, 0.29) is 18.4 Å². The molecular weight excluding hydrogens is 210 g/mol. The van der Waals surface area contributed by atoms with Crippen LogP contribution in [0.3, 0.4) is 0 Å². The predicted octanol–water partition coefficient (Wildman–Crippen LogP) is 4.92. The van der Waals surface area contributed by atoms with Gasteiger partial charge in [0.2, 0.25) is 0 Å². The largest absolute Gasteiger partial charge is 0.376 e. The van der Waals surface area contributed by atoms with Crippen molar-refractivity contribution in [2.75, 3.05) is 6.61 Å². The molecule has 0 amide bonds. The Hall–Kier alpha value is -0.440. The molecule has 0 saturated heterocycles. The second-order valence-electron chi connectivity index (χ2n) is 5.03. The van der Waals surface area contributed by atoms with Crippen molar-refractivity contribution in [2.24, 2.45) is 0 Å². The summed E-state index contributed by atoms with van der Waals surface area (Å²) in [6.45, 7) is 6.90. The quantitative estimate of drug-likeness (QED) is 0.541. The van der Waals surface area contributed by atoms with Gasteiger partial charge in [-0.1, -0.05) is 19.3 Å². The van der Waals surface area contributed by atoms with Crippen molar-refractivity contribution in [2.45, 2.75) is 64.9 Å². The van der Waals surface area contributed by atoms with Gasteiger partial charge in [-0.3, -0.25) is 0 Å². The van der Waals surface area contributed by atoms with E-state index < -0.39 is 5.83 Å². The molecule has 0 aromatic carbocycles. The van der Waals surface area contributed by atoms with Gasteiger partial charge in [0.1, 0.15) is 12.2 Å². The van der Waals surface area contributed by atoms with Crippen LogP contribution in [-0.2, 0) is 4.74 Å². The van der Waals surface area contributed by atoms with E-state index in [0.29, 0.717) is 0 Å². The van der Waals surface area contributed by atoms with Gasteiger partial charge in [0.25, 0.3) is 0 Å². The molecule has 0 aliphatic rings. The predicted molar refractivity (Wildman–Crippen MR) is 63.7 cm³/mol. The standard InChI is InChI=1S/C13H24F2O/c1-13(2,3)16-10-8-6-4-5-7-9-12(15)11-14/h11H,4-10H2,1-3H3/b12-11+. The highest BCUT2D eigenvalue weighted by atomic mass is 19.2. The minimum atomic E-state index is -0.643. The van der Waals surface area contributed by atoms with E-state index in [2.05, 4.69) is 0 Å². The Morgan fingerprint density at radius 1 is 1.06 bits per heavy atom. The highest BCUT2D eigenvalue weighted by Crippen LogP contribution is 2.13. The summed E-state index contributed by atoms with van der Waals surface area (Å²) in [5, 5.41) is 0. The van der Waals surface area contributed by atoms with Gasteiger partial charge in [0.05, 0.1) is 5.60 Å². The molecule has 3 heteroatoms. The maximum atomic E-state index is 12.4. The average molecular weight is 234 g/mol. The molecule has 0 rings (SSSR count).